The molecule has 0 aliphatic carbocycles. The van der Waals surface area contributed by atoms with E-state index in [1.807, 2.05) is 18.2 Å². The first-order chi connectivity index (χ1) is 10.2. The van der Waals surface area contributed by atoms with E-state index in [0.717, 1.165) is 49.4 Å². The molecule has 1 saturated heterocycles. The minimum atomic E-state index is 0.812. The van der Waals surface area contributed by atoms with Crippen molar-refractivity contribution in [2.75, 3.05) is 32.7 Å². The quantitative estimate of drug-likeness (QED) is 0.662. The van der Waals surface area contributed by atoms with Crippen LogP contribution in [0.1, 0.15) is 25.3 Å². The first-order valence-electron chi connectivity index (χ1n) is 7.68. The Bertz CT molecular complexity index is 459. The van der Waals surface area contributed by atoms with Gasteiger partial charge in [0.25, 0.3) is 0 Å². The summed E-state index contributed by atoms with van der Waals surface area (Å²) in [6.07, 6.45) is 2.37. The topological polar surface area (TPSA) is 18.5 Å². The molecule has 1 aromatic rings. The molecule has 0 atom stereocenters. The fraction of sp³-hybridized carbons (Fsp3) is 0.562. The normalized spacial score (nSPS) is 16.0. The van der Waals surface area contributed by atoms with Crippen molar-refractivity contribution in [1.82, 2.24) is 15.1 Å². The molecule has 0 radical (unpaired) electrons. The highest BCUT2D eigenvalue weighted by Gasteiger charge is 2.18. The van der Waals surface area contributed by atoms with E-state index in [-0.39, 0.29) is 0 Å². The number of hydrogen-bond donors (Lipinski definition) is 1. The van der Waals surface area contributed by atoms with E-state index in [0.29, 0.717) is 0 Å². The molecule has 1 aliphatic heterocycles. The monoisotopic (exact) mass is 325 g/mol. The minimum Gasteiger partial charge on any atom is -0.363 e. The van der Waals surface area contributed by atoms with Crippen molar-refractivity contribution in [2.24, 2.45) is 0 Å². The third-order valence-corrected chi connectivity index (χ3v) is 4.40. The fourth-order valence-electron chi connectivity index (χ4n) is 2.49. The number of halogens is 1. The van der Waals surface area contributed by atoms with Crippen molar-refractivity contribution in [3.8, 4) is 0 Å². The van der Waals surface area contributed by atoms with E-state index in [1.54, 1.807) is 0 Å². The summed E-state index contributed by atoms with van der Waals surface area (Å²) in [5.41, 5.74) is 1.28. The molecule has 0 bridgehead atoms. The van der Waals surface area contributed by atoms with Crippen LogP contribution >= 0.6 is 23.8 Å². The summed E-state index contributed by atoms with van der Waals surface area (Å²) in [7, 11) is 0. The zero-order valence-corrected chi connectivity index (χ0v) is 14.2. The number of nitrogens with zero attached hydrogens (tertiary/aromatic N) is 2. The van der Waals surface area contributed by atoms with Crippen LogP contribution in [0.15, 0.2) is 24.3 Å². The van der Waals surface area contributed by atoms with E-state index in [1.165, 1.54) is 18.4 Å². The first kappa shape index (κ1) is 16.5. The standard InChI is InChI=1S/C16H24ClN3S/c1-2-3-7-18-16(21)20-10-8-19(9-11-20)13-14-5-4-6-15(17)12-14/h4-6,12H,2-3,7-11,13H2,1H3,(H,18,21). The molecule has 116 valence electrons. The zero-order valence-electron chi connectivity index (χ0n) is 12.6. The molecule has 1 N–H and O–H groups in total. The maximum atomic E-state index is 6.04. The molecule has 2 rings (SSSR count). The summed E-state index contributed by atoms with van der Waals surface area (Å²) in [6.45, 7) is 8.23. The Hall–Kier alpha value is -0.840. The highest BCUT2D eigenvalue weighted by Crippen LogP contribution is 2.14. The van der Waals surface area contributed by atoms with Gasteiger partial charge >= 0.3 is 0 Å². The summed E-state index contributed by atoms with van der Waals surface area (Å²) >= 11 is 11.5. The van der Waals surface area contributed by atoms with E-state index in [2.05, 4.69) is 28.1 Å². The molecule has 0 amide bonds. The van der Waals surface area contributed by atoms with E-state index >= 15 is 0 Å². The van der Waals surface area contributed by atoms with Gasteiger partial charge < -0.3 is 10.2 Å². The lowest BCUT2D eigenvalue weighted by Gasteiger charge is -2.36. The molecule has 0 saturated carbocycles. The second-order valence-electron chi connectivity index (χ2n) is 5.48. The van der Waals surface area contributed by atoms with Crippen molar-refractivity contribution in [3.63, 3.8) is 0 Å². The van der Waals surface area contributed by atoms with E-state index < -0.39 is 0 Å². The van der Waals surface area contributed by atoms with Gasteiger partial charge in [-0.3, -0.25) is 4.90 Å². The third kappa shape index (κ3) is 5.46. The van der Waals surface area contributed by atoms with Gasteiger partial charge in [0.15, 0.2) is 5.11 Å². The lowest BCUT2D eigenvalue weighted by Crippen LogP contribution is -2.51. The van der Waals surface area contributed by atoms with Crippen LogP contribution < -0.4 is 5.32 Å². The molecule has 21 heavy (non-hydrogen) atoms. The molecule has 1 aliphatic rings. The Kier molecular flexibility index (Phi) is 6.74. The maximum absolute atomic E-state index is 6.04. The highest BCUT2D eigenvalue weighted by atomic mass is 35.5. The summed E-state index contributed by atoms with van der Waals surface area (Å²) in [5.74, 6) is 0. The van der Waals surface area contributed by atoms with Crippen LogP contribution in [0, 0.1) is 0 Å². The van der Waals surface area contributed by atoms with Crippen LogP contribution in [-0.4, -0.2) is 47.6 Å². The van der Waals surface area contributed by atoms with Gasteiger partial charge in [0.2, 0.25) is 0 Å². The van der Waals surface area contributed by atoms with Crippen molar-refractivity contribution in [1.29, 1.82) is 0 Å². The van der Waals surface area contributed by atoms with Gasteiger partial charge in [-0.05, 0) is 36.3 Å². The van der Waals surface area contributed by atoms with Crippen LogP contribution in [0.2, 0.25) is 5.02 Å². The van der Waals surface area contributed by atoms with Gasteiger partial charge in [0, 0.05) is 44.3 Å². The van der Waals surface area contributed by atoms with E-state index in [4.69, 9.17) is 23.8 Å². The second kappa shape index (κ2) is 8.57. The molecule has 0 aromatic heterocycles. The average molecular weight is 326 g/mol. The summed E-state index contributed by atoms with van der Waals surface area (Å²) in [5, 5.41) is 5.07. The smallest absolute Gasteiger partial charge is 0.169 e. The summed E-state index contributed by atoms with van der Waals surface area (Å²) in [6, 6.07) is 8.12. The number of nitrogens with one attached hydrogen (secondary N) is 1. The maximum Gasteiger partial charge on any atom is 0.169 e. The Morgan fingerprint density at radius 1 is 1.29 bits per heavy atom. The van der Waals surface area contributed by atoms with Crippen LogP contribution in [0.5, 0.6) is 0 Å². The zero-order chi connectivity index (χ0) is 15.1. The second-order valence-corrected chi connectivity index (χ2v) is 6.30. The molecule has 3 nitrogen and oxygen atoms in total. The number of rotatable bonds is 5. The molecule has 5 heteroatoms. The molecule has 1 aromatic carbocycles. The molecular weight excluding hydrogens is 302 g/mol. The summed E-state index contributed by atoms with van der Waals surface area (Å²) < 4.78 is 0. The lowest BCUT2D eigenvalue weighted by molar-refractivity contribution is 0.174. The van der Waals surface area contributed by atoms with Crippen LogP contribution in [0.4, 0.5) is 0 Å². The van der Waals surface area contributed by atoms with Crippen molar-refractivity contribution >= 4 is 28.9 Å². The van der Waals surface area contributed by atoms with Gasteiger partial charge in [-0.25, -0.2) is 0 Å². The molecular formula is C16H24ClN3S. The van der Waals surface area contributed by atoms with Gasteiger partial charge in [-0.2, -0.15) is 0 Å². The van der Waals surface area contributed by atoms with Crippen molar-refractivity contribution in [3.05, 3.63) is 34.9 Å². The lowest BCUT2D eigenvalue weighted by atomic mass is 10.2. The number of unbranched alkanes of at least 4 members (excludes halogenated alkanes) is 1. The Labute approximate surface area is 138 Å². The first-order valence-corrected chi connectivity index (χ1v) is 8.47. The molecule has 1 fully saturated rings. The summed E-state index contributed by atoms with van der Waals surface area (Å²) in [4.78, 5) is 4.73. The average Bonchev–Trinajstić information content (AvgIpc) is 2.48. The predicted molar refractivity (Wildman–Crippen MR) is 93.8 cm³/mol. The van der Waals surface area contributed by atoms with E-state index in [9.17, 15) is 0 Å². The highest BCUT2D eigenvalue weighted by molar-refractivity contribution is 7.80. The van der Waals surface area contributed by atoms with Gasteiger partial charge in [-0.15, -0.1) is 0 Å². The van der Waals surface area contributed by atoms with Crippen LogP contribution in [0.25, 0.3) is 0 Å². The number of piperazine rings is 1. The van der Waals surface area contributed by atoms with Crippen LogP contribution in [-0.2, 0) is 6.54 Å². The van der Waals surface area contributed by atoms with Gasteiger partial charge in [0.1, 0.15) is 0 Å². The predicted octanol–water partition coefficient (Wildman–Crippen LogP) is 3.13. The third-order valence-electron chi connectivity index (χ3n) is 3.76. The fourth-order valence-corrected chi connectivity index (χ4v) is 2.98. The van der Waals surface area contributed by atoms with Crippen molar-refractivity contribution in [2.45, 2.75) is 26.3 Å². The Balaban J connectivity index is 1.74. The van der Waals surface area contributed by atoms with Gasteiger partial charge in [-0.1, -0.05) is 37.1 Å². The Morgan fingerprint density at radius 2 is 2.05 bits per heavy atom. The minimum absolute atomic E-state index is 0.812. The van der Waals surface area contributed by atoms with Crippen LogP contribution in [0.3, 0.4) is 0 Å². The molecule has 1 heterocycles. The SMILES string of the molecule is CCCCNC(=S)N1CCN(Cc2cccc(Cl)c2)CC1. The van der Waals surface area contributed by atoms with Gasteiger partial charge in [0.05, 0.1) is 0 Å². The Morgan fingerprint density at radius 3 is 2.71 bits per heavy atom. The number of thiocarbonyl (C=S) groups is 1. The van der Waals surface area contributed by atoms with Crippen molar-refractivity contribution < 1.29 is 0 Å². The number of benzene rings is 1. The largest absolute Gasteiger partial charge is 0.363 e. The molecule has 0 unspecified atom stereocenters. The number of hydrogen-bond acceptors (Lipinski definition) is 2. The molecule has 0 spiro atoms.